The Kier molecular flexibility index (Phi) is 3.88. The summed E-state index contributed by atoms with van der Waals surface area (Å²) in [6.45, 7) is 2.30. The van der Waals surface area contributed by atoms with E-state index in [-0.39, 0.29) is 12.5 Å². The lowest BCUT2D eigenvalue weighted by Gasteiger charge is -2.16. The standard InChI is InChI=1S/C19H22O/c1-14-5-8-17(9-6-14)19(13-20)12-15-7-10-16-3-2-4-18(16)11-15/h5-11,19-20H,2-4,12-13H2,1H3. The van der Waals surface area contributed by atoms with Gasteiger partial charge >= 0.3 is 0 Å². The molecule has 0 fully saturated rings. The molecule has 0 aliphatic heterocycles. The van der Waals surface area contributed by atoms with Gasteiger partial charge in [-0.05, 0) is 54.9 Å². The van der Waals surface area contributed by atoms with Crippen molar-refractivity contribution in [2.75, 3.05) is 6.61 Å². The van der Waals surface area contributed by atoms with Crippen molar-refractivity contribution in [2.24, 2.45) is 0 Å². The minimum Gasteiger partial charge on any atom is -0.396 e. The average molecular weight is 266 g/mol. The first-order chi connectivity index (χ1) is 9.76. The van der Waals surface area contributed by atoms with E-state index in [0.29, 0.717) is 0 Å². The van der Waals surface area contributed by atoms with Crippen LogP contribution in [-0.2, 0) is 19.3 Å². The molecule has 1 aliphatic rings. The average Bonchev–Trinajstić information content (AvgIpc) is 2.93. The summed E-state index contributed by atoms with van der Waals surface area (Å²) >= 11 is 0. The fourth-order valence-electron chi connectivity index (χ4n) is 3.16. The zero-order chi connectivity index (χ0) is 13.9. The maximum Gasteiger partial charge on any atom is 0.0502 e. The minimum atomic E-state index is 0.204. The lowest BCUT2D eigenvalue weighted by molar-refractivity contribution is 0.264. The largest absolute Gasteiger partial charge is 0.396 e. The molecular weight excluding hydrogens is 244 g/mol. The zero-order valence-electron chi connectivity index (χ0n) is 12.1. The summed E-state index contributed by atoms with van der Waals surface area (Å²) in [5, 5.41) is 9.70. The van der Waals surface area contributed by atoms with Gasteiger partial charge in [-0.25, -0.2) is 0 Å². The quantitative estimate of drug-likeness (QED) is 0.892. The molecule has 1 heteroatoms. The summed E-state index contributed by atoms with van der Waals surface area (Å²) in [5.41, 5.74) is 6.89. The van der Waals surface area contributed by atoms with Crippen molar-refractivity contribution in [3.8, 4) is 0 Å². The molecule has 0 bridgehead atoms. The molecule has 1 N–H and O–H groups in total. The van der Waals surface area contributed by atoms with Crippen LogP contribution in [0.3, 0.4) is 0 Å². The Hall–Kier alpha value is -1.60. The summed E-state index contributed by atoms with van der Waals surface area (Å²) in [6.07, 6.45) is 4.67. The van der Waals surface area contributed by atoms with E-state index < -0.39 is 0 Å². The molecule has 104 valence electrons. The maximum atomic E-state index is 9.70. The molecule has 0 radical (unpaired) electrons. The highest BCUT2D eigenvalue weighted by Gasteiger charge is 2.14. The van der Waals surface area contributed by atoms with Gasteiger partial charge in [-0.2, -0.15) is 0 Å². The molecule has 20 heavy (non-hydrogen) atoms. The van der Waals surface area contributed by atoms with E-state index in [4.69, 9.17) is 0 Å². The number of hydrogen-bond donors (Lipinski definition) is 1. The van der Waals surface area contributed by atoms with E-state index in [1.807, 2.05) is 0 Å². The van der Waals surface area contributed by atoms with Gasteiger partial charge in [-0.1, -0.05) is 48.0 Å². The molecule has 2 aromatic carbocycles. The van der Waals surface area contributed by atoms with Crippen LogP contribution in [0.1, 0.15) is 40.2 Å². The lowest BCUT2D eigenvalue weighted by Crippen LogP contribution is -2.08. The first kappa shape index (κ1) is 13.4. The molecule has 0 heterocycles. The second-order valence-corrected chi connectivity index (χ2v) is 5.95. The van der Waals surface area contributed by atoms with E-state index in [1.165, 1.54) is 47.1 Å². The Labute approximate surface area is 121 Å². The third kappa shape index (κ3) is 2.78. The van der Waals surface area contributed by atoms with Gasteiger partial charge in [0, 0.05) is 5.92 Å². The van der Waals surface area contributed by atoms with Gasteiger partial charge in [-0.15, -0.1) is 0 Å². The lowest BCUT2D eigenvalue weighted by atomic mass is 9.91. The van der Waals surface area contributed by atoms with Gasteiger partial charge in [-0.3, -0.25) is 0 Å². The van der Waals surface area contributed by atoms with Gasteiger partial charge in [0.25, 0.3) is 0 Å². The predicted octanol–water partition coefficient (Wildman–Crippen LogP) is 3.80. The first-order valence-corrected chi connectivity index (χ1v) is 7.54. The highest BCUT2D eigenvalue weighted by atomic mass is 16.3. The fourth-order valence-corrected chi connectivity index (χ4v) is 3.16. The number of aryl methyl sites for hydroxylation is 3. The van der Waals surface area contributed by atoms with Crippen molar-refractivity contribution in [3.63, 3.8) is 0 Å². The van der Waals surface area contributed by atoms with E-state index in [9.17, 15) is 5.11 Å². The van der Waals surface area contributed by atoms with Crippen molar-refractivity contribution >= 4 is 0 Å². The number of aliphatic hydroxyl groups is 1. The van der Waals surface area contributed by atoms with Crippen molar-refractivity contribution in [3.05, 3.63) is 70.3 Å². The van der Waals surface area contributed by atoms with Crippen molar-refractivity contribution in [1.82, 2.24) is 0 Å². The maximum absolute atomic E-state index is 9.70. The van der Waals surface area contributed by atoms with E-state index in [2.05, 4.69) is 49.4 Å². The van der Waals surface area contributed by atoms with Crippen LogP contribution in [-0.4, -0.2) is 11.7 Å². The van der Waals surface area contributed by atoms with Crippen LogP contribution in [0, 0.1) is 6.92 Å². The predicted molar refractivity (Wildman–Crippen MR) is 83.2 cm³/mol. The molecule has 1 aliphatic carbocycles. The highest BCUT2D eigenvalue weighted by Crippen LogP contribution is 2.26. The Morgan fingerprint density at radius 2 is 1.75 bits per heavy atom. The molecular formula is C19H22O. The first-order valence-electron chi connectivity index (χ1n) is 7.54. The molecule has 2 aromatic rings. The van der Waals surface area contributed by atoms with Crippen LogP contribution in [0.25, 0.3) is 0 Å². The van der Waals surface area contributed by atoms with Gasteiger partial charge in [0.05, 0.1) is 6.61 Å². The van der Waals surface area contributed by atoms with Crippen LogP contribution in [0.2, 0.25) is 0 Å². The normalized spacial score (nSPS) is 15.1. The van der Waals surface area contributed by atoms with Crippen LogP contribution in [0.4, 0.5) is 0 Å². The van der Waals surface area contributed by atoms with Gasteiger partial charge in [0.2, 0.25) is 0 Å². The summed E-state index contributed by atoms with van der Waals surface area (Å²) in [7, 11) is 0. The molecule has 1 atom stereocenters. The van der Waals surface area contributed by atoms with Crippen molar-refractivity contribution in [1.29, 1.82) is 0 Å². The second kappa shape index (κ2) is 5.80. The molecule has 0 amide bonds. The number of benzene rings is 2. The minimum absolute atomic E-state index is 0.204. The third-order valence-corrected chi connectivity index (χ3v) is 4.41. The molecule has 0 saturated carbocycles. The topological polar surface area (TPSA) is 20.2 Å². The smallest absolute Gasteiger partial charge is 0.0502 e. The number of aliphatic hydroxyl groups excluding tert-OH is 1. The molecule has 1 nitrogen and oxygen atoms in total. The Balaban J connectivity index is 1.79. The fraction of sp³-hybridized carbons (Fsp3) is 0.368. The summed E-state index contributed by atoms with van der Waals surface area (Å²) in [6, 6.07) is 15.4. The summed E-state index contributed by atoms with van der Waals surface area (Å²) in [4.78, 5) is 0. The van der Waals surface area contributed by atoms with Gasteiger partial charge in [0.1, 0.15) is 0 Å². The van der Waals surface area contributed by atoms with E-state index in [1.54, 1.807) is 0 Å². The third-order valence-electron chi connectivity index (χ3n) is 4.41. The Morgan fingerprint density at radius 3 is 2.50 bits per heavy atom. The summed E-state index contributed by atoms with van der Waals surface area (Å²) in [5.74, 6) is 0.204. The van der Waals surface area contributed by atoms with Crippen molar-refractivity contribution < 1.29 is 5.11 Å². The molecule has 1 unspecified atom stereocenters. The van der Waals surface area contributed by atoms with Gasteiger partial charge in [0.15, 0.2) is 0 Å². The van der Waals surface area contributed by atoms with Crippen molar-refractivity contribution in [2.45, 2.75) is 38.5 Å². The molecule has 0 aromatic heterocycles. The van der Waals surface area contributed by atoms with Crippen LogP contribution >= 0.6 is 0 Å². The number of hydrogen-bond acceptors (Lipinski definition) is 1. The Morgan fingerprint density at radius 1 is 1.00 bits per heavy atom. The highest BCUT2D eigenvalue weighted by molar-refractivity contribution is 5.36. The molecule has 0 spiro atoms. The molecule has 0 saturated heterocycles. The number of rotatable bonds is 4. The summed E-state index contributed by atoms with van der Waals surface area (Å²) < 4.78 is 0. The van der Waals surface area contributed by atoms with Crippen LogP contribution < -0.4 is 0 Å². The van der Waals surface area contributed by atoms with E-state index in [0.717, 1.165) is 6.42 Å². The number of fused-ring (bicyclic) bond motifs is 1. The Bertz CT molecular complexity index is 583. The zero-order valence-corrected chi connectivity index (χ0v) is 12.1. The van der Waals surface area contributed by atoms with Gasteiger partial charge < -0.3 is 5.11 Å². The van der Waals surface area contributed by atoms with Crippen LogP contribution in [0.15, 0.2) is 42.5 Å². The van der Waals surface area contributed by atoms with Crippen LogP contribution in [0.5, 0.6) is 0 Å². The van der Waals surface area contributed by atoms with E-state index >= 15 is 0 Å². The molecule has 3 rings (SSSR count). The monoisotopic (exact) mass is 266 g/mol. The SMILES string of the molecule is Cc1ccc(C(CO)Cc2ccc3c(c2)CCC3)cc1. The second-order valence-electron chi connectivity index (χ2n) is 5.95.